The van der Waals surface area contributed by atoms with E-state index in [1.54, 1.807) is 18.3 Å². The van der Waals surface area contributed by atoms with Gasteiger partial charge in [0, 0.05) is 27.5 Å². The summed E-state index contributed by atoms with van der Waals surface area (Å²) in [4.78, 5) is 9.37. The van der Waals surface area contributed by atoms with E-state index in [0.717, 1.165) is 10.6 Å². The molecule has 0 spiro atoms. The molecule has 0 radical (unpaired) electrons. The molecule has 16 heavy (non-hydrogen) atoms. The Bertz CT molecular complexity index is 516. The maximum atomic E-state index is 5.85. The Balaban J connectivity index is 2.27. The summed E-state index contributed by atoms with van der Waals surface area (Å²) in [7, 11) is 0. The summed E-state index contributed by atoms with van der Waals surface area (Å²) in [5.74, 6) is 0. The molecule has 2 rings (SSSR count). The molecule has 3 nitrogen and oxygen atoms in total. The predicted octanol–water partition coefficient (Wildman–Crippen LogP) is 3.17. The van der Waals surface area contributed by atoms with Gasteiger partial charge in [0.15, 0.2) is 5.16 Å². The highest BCUT2D eigenvalue weighted by molar-refractivity contribution is 7.99. The van der Waals surface area contributed by atoms with Gasteiger partial charge in [-0.1, -0.05) is 11.6 Å². The van der Waals surface area contributed by atoms with E-state index in [1.165, 1.54) is 11.8 Å². The largest absolute Gasteiger partial charge is 0.398 e. The number of aryl methyl sites for hydroxylation is 1. The second kappa shape index (κ2) is 4.72. The van der Waals surface area contributed by atoms with Crippen molar-refractivity contribution in [3.05, 3.63) is 41.2 Å². The molecule has 1 aromatic carbocycles. The monoisotopic (exact) mass is 251 g/mol. The molecule has 2 aromatic rings. The van der Waals surface area contributed by atoms with Gasteiger partial charge in [0.25, 0.3) is 0 Å². The van der Waals surface area contributed by atoms with Gasteiger partial charge < -0.3 is 5.73 Å². The topological polar surface area (TPSA) is 51.8 Å². The standard InChI is InChI=1S/C11H10ClN3S/c1-7-4-5-14-11(15-7)16-10-3-2-8(12)6-9(10)13/h2-6H,13H2,1H3. The van der Waals surface area contributed by atoms with E-state index < -0.39 is 0 Å². The molecule has 1 heterocycles. The lowest BCUT2D eigenvalue weighted by atomic mass is 10.3. The average Bonchev–Trinajstić information content (AvgIpc) is 2.22. The second-order valence-electron chi connectivity index (χ2n) is 3.26. The fourth-order valence-corrected chi connectivity index (χ4v) is 2.18. The van der Waals surface area contributed by atoms with E-state index in [2.05, 4.69) is 9.97 Å². The van der Waals surface area contributed by atoms with Crippen LogP contribution >= 0.6 is 23.4 Å². The summed E-state index contributed by atoms with van der Waals surface area (Å²) in [5.41, 5.74) is 7.42. The Labute approximate surface area is 103 Å². The fourth-order valence-electron chi connectivity index (χ4n) is 1.19. The number of nitrogens with two attached hydrogens (primary N) is 1. The lowest BCUT2D eigenvalue weighted by Gasteiger charge is -2.04. The zero-order chi connectivity index (χ0) is 11.5. The van der Waals surface area contributed by atoms with E-state index in [9.17, 15) is 0 Å². The van der Waals surface area contributed by atoms with Crippen LogP contribution in [0, 0.1) is 6.92 Å². The highest BCUT2D eigenvalue weighted by Gasteiger charge is 2.04. The van der Waals surface area contributed by atoms with Crippen molar-refractivity contribution in [3.63, 3.8) is 0 Å². The first-order valence-corrected chi connectivity index (χ1v) is 5.87. The van der Waals surface area contributed by atoms with Crippen molar-refractivity contribution in [3.8, 4) is 0 Å². The van der Waals surface area contributed by atoms with Gasteiger partial charge in [-0.3, -0.25) is 0 Å². The summed E-state index contributed by atoms with van der Waals surface area (Å²) in [6.07, 6.45) is 1.73. The number of hydrogen-bond acceptors (Lipinski definition) is 4. The van der Waals surface area contributed by atoms with E-state index in [1.807, 2.05) is 19.1 Å². The summed E-state index contributed by atoms with van der Waals surface area (Å²) in [5, 5.41) is 1.32. The number of halogens is 1. The quantitative estimate of drug-likeness (QED) is 0.658. The summed E-state index contributed by atoms with van der Waals surface area (Å²) < 4.78 is 0. The molecule has 1 aromatic heterocycles. The zero-order valence-electron chi connectivity index (χ0n) is 8.64. The van der Waals surface area contributed by atoms with Gasteiger partial charge in [-0.2, -0.15) is 0 Å². The maximum Gasteiger partial charge on any atom is 0.192 e. The van der Waals surface area contributed by atoms with Crippen LogP contribution in [0.5, 0.6) is 0 Å². The molecule has 0 saturated carbocycles. The van der Waals surface area contributed by atoms with Crippen LogP contribution < -0.4 is 5.73 Å². The number of hydrogen-bond donors (Lipinski definition) is 1. The van der Waals surface area contributed by atoms with Crippen LogP contribution in [0.4, 0.5) is 5.69 Å². The van der Waals surface area contributed by atoms with E-state index >= 15 is 0 Å². The Morgan fingerprint density at radius 3 is 2.81 bits per heavy atom. The molecule has 0 saturated heterocycles. The number of nitrogen functional groups attached to an aromatic ring is 1. The molecule has 0 aliphatic heterocycles. The highest BCUT2D eigenvalue weighted by atomic mass is 35.5. The Morgan fingerprint density at radius 2 is 2.12 bits per heavy atom. The first-order chi connectivity index (χ1) is 7.65. The molecule has 0 bridgehead atoms. The van der Waals surface area contributed by atoms with Crippen LogP contribution in [0.3, 0.4) is 0 Å². The lowest BCUT2D eigenvalue weighted by Crippen LogP contribution is -1.91. The number of benzene rings is 1. The summed E-state index contributed by atoms with van der Waals surface area (Å²) in [6.45, 7) is 1.93. The van der Waals surface area contributed by atoms with Gasteiger partial charge in [-0.15, -0.1) is 0 Å². The molecular formula is C11H10ClN3S. The molecule has 0 aliphatic rings. The van der Waals surface area contributed by atoms with Crippen molar-refractivity contribution >= 4 is 29.1 Å². The molecule has 0 aliphatic carbocycles. The lowest BCUT2D eigenvalue weighted by molar-refractivity contribution is 0.932. The van der Waals surface area contributed by atoms with E-state index in [4.69, 9.17) is 17.3 Å². The van der Waals surface area contributed by atoms with Gasteiger partial charge in [-0.05, 0) is 43.0 Å². The first-order valence-electron chi connectivity index (χ1n) is 4.67. The predicted molar refractivity (Wildman–Crippen MR) is 66.8 cm³/mol. The number of nitrogens with zero attached hydrogens (tertiary/aromatic N) is 2. The van der Waals surface area contributed by atoms with Crippen LogP contribution in [0.15, 0.2) is 40.5 Å². The molecular weight excluding hydrogens is 242 g/mol. The molecule has 0 amide bonds. The third kappa shape index (κ3) is 2.65. The fraction of sp³-hybridized carbons (Fsp3) is 0.0909. The maximum absolute atomic E-state index is 5.85. The Kier molecular flexibility index (Phi) is 3.31. The number of anilines is 1. The minimum absolute atomic E-state index is 0.631. The van der Waals surface area contributed by atoms with E-state index in [-0.39, 0.29) is 0 Å². The van der Waals surface area contributed by atoms with Crippen LogP contribution in [0.25, 0.3) is 0 Å². The first kappa shape index (κ1) is 11.2. The van der Waals surface area contributed by atoms with Crippen molar-refractivity contribution < 1.29 is 0 Å². The molecule has 82 valence electrons. The average molecular weight is 252 g/mol. The molecule has 0 fully saturated rings. The van der Waals surface area contributed by atoms with Crippen LogP contribution in [-0.4, -0.2) is 9.97 Å². The highest BCUT2D eigenvalue weighted by Crippen LogP contribution is 2.31. The smallest absolute Gasteiger partial charge is 0.192 e. The van der Waals surface area contributed by atoms with Crippen molar-refractivity contribution in [1.82, 2.24) is 9.97 Å². The Hall–Kier alpha value is -1.26. The number of rotatable bonds is 2. The van der Waals surface area contributed by atoms with Gasteiger partial charge in [0.2, 0.25) is 0 Å². The third-order valence-corrected chi connectivity index (χ3v) is 3.15. The van der Waals surface area contributed by atoms with Crippen LogP contribution in [0.2, 0.25) is 5.02 Å². The summed E-state index contributed by atoms with van der Waals surface area (Å²) in [6, 6.07) is 7.25. The zero-order valence-corrected chi connectivity index (χ0v) is 10.2. The van der Waals surface area contributed by atoms with Gasteiger partial charge in [0.05, 0.1) is 0 Å². The second-order valence-corrected chi connectivity index (χ2v) is 4.71. The van der Waals surface area contributed by atoms with Crippen molar-refractivity contribution in [2.75, 3.05) is 5.73 Å². The minimum atomic E-state index is 0.631. The van der Waals surface area contributed by atoms with Gasteiger partial charge >= 0.3 is 0 Å². The molecule has 0 atom stereocenters. The third-order valence-electron chi connectivity index (χ3n) is 1.95. The van der Waals surface area contributed by atoms with Crippen LogP contribution in [-0.2, 0) is 0 Å². The van der Waals surface area contributed by atoms with Gasteiger partial charge in [0.1, 0.15) is 0 Å². The molecule has 0 unspecified atom stereocenters. The molecule has 2 N–H and O–H groups in total. The van der Waals surface area contributed by atoms with Crippen molar-refractivity contribution in [2.45, 2.75) is 17.0 Å². The van der Waals surface area contributed by atoms with Crippen molar-refractivity contribution in [1.29, 1.82) is 0 Å². The van der Waals surface area contributed by atoms with Gasteiger partial charge in [-0.25, -0.2) is 9.97 Å². The molecule has 5 heteroatoms. The SMILES string of the molecule is Cc1ccnc(Sc2ccc(Cl)cc2N)n1. The van der Waals surface area contributed by atoms with Crippen molar-refractivity contribution in [2.24, 2.45) is 0 Å². The van der Waals surface area contributed by atoms with Crippen LogP contribution in [0.1, 0.15) is 5.69 Å². The normalized spacial score (nSPS) is 10.4. The summed E-state index contributed by atoms with van der Waals surface area (Å²) >= 11 is 7.26. The van der Waals surface area contributed by atoms with E-state index in [0.29, 0.717) is 15.9 Å². The Morgan fingerprint density at radius 1 is 1.31 bits per heavy atom. The number of aromatic nitrogens is 2. The minimum Gasteiger partial charge on any atom is -0.398 e.